The Kier molecular flexibility index (Phi) is 5.60. The van der Waals surface area contributed by atoms with Gasteiger partial charge in [-0.3, -0.25) is 9.59 Å². The predicted octanol–water partition coefficient (Wildman–Crippen LogP) is 2.21. The minimum atomic E-state index is -1.08. The van der Waals surface area contributed by atoms with Crippen molar-refractivity contribution in [1.29, 1.82) is 0 Å². The molecule has 118 valence electrons. The second-order valence-electron chi connectivity index (χ2n) is 5.43. The zero-order valence-corrected chi connectivity index (χ0v) is 13.4. The molecule has 6 heteroatoms. The van der Waals surface area contributed by atoms with Crippen molar-refractivity contribution in [3.8, 4) is 0 Å². The molecule has 0 spiro atoms. The molecule has 1 unspecified atom stereocenters. The number of benzene rings is 1. The molecule has 1 aliphatic carbocycles. The maximum Gasteiger partial charge on any atom is 0.325 e. The Hall–Kier alpha value is -1.82. The summed E-state index contributed by atoms with van der Waals surface area (Å²) in [5.41, 5.74) is 2.98. The number of amides is 1. The zero-order valence-electron chi connectivity index (χ0n) is 12.5. The molecular weight excluding hydrogens is 300 g/mol. The molecule has 5 nitrogen and oxygen atoms in total. The van der Waals surface area contributed by atoms with E-state index in [1.807, 2.05) is 24.3 Å². The van der Waals surface area contributed by atoms with Crippen LogP contribution in [0, 0.1) is 5.92 Å². The van der Waals surface area contributed by atoms with Gasteiger partial charge in [-0.25, -0.2) is 5.01 Å². The summed E-state index contributed by atoms with van der Waals surface area (Å²) in [6, 6.07) is 7.92. The van der Waals surface area contributed by atoms with Gasteiger partial charge in [0.1, 0.15) is 6.54 Å². The first-order chi connectivity index (χ1) is 10.5. The van der Waals surface area contributed by atoms with Crippen molar-refractivity contribution < 1.29 is 14.7 Å². The minimum Gasteiger partial charge on any atom is -0.480 e. The Morgan fingerprint density at radius 3 is 2.77 bits per heavy atom. The van der Waals surface area contributed by atoms with Crippen molar-refractivity contribution in [3.63, 3.8) is 0 Å². The molecular formula is C16H20N2O3S. The normalized spacial score (nSPS) is 16.9. The van der Waals surface area contributed by atoms with Crippen LogP contribution in [-0.2, 0) is 16.0 Å². The number of carbonyl (C=O) groups is 2. The second kappa shape index (κ2) is 7.45. The second-order valence-corrected chi connectivity index (χ2v) is 5.80. The highest BCUT2D eigenvalue weighted by atomic mass is 32.1. The molecule has 0 aromatic heterocycles. The smallest absolute Gasteiger partial charge is 0.325 e. The molecule has 0 radical (unpaired) electrons. The van der Waals surface area contributed by atoms with E-state index >= 15 is 0 Å². The highest BCUT2D eigenvalue weighted by molar-refractivity contribution is 7.80. The highest BCUT2D eigenvalue weighted by Crippen LogP contribution is 2.22. The zero-order chi connectivity index (χ0) is 16.1. The van der Waals surface area contributed by atoms with Gasteiger partial charge in [-0.05, 0) is 24.8 Å². The SMILES string of the molecule is CC(CS)C(=O)N(CC(=O)O)N=C1CCCc2ccccc21. The van der Waals surface area contributed by atoms with Crippen molar-refractivity contribution in [2.75, 3.05) is 12.3 Å². The van der Waals surface area contributed by atoms with Gasteiger partial charge in [0.15, 0.2) is 0 Å². The summed E-state index contributed by atoms with van der Waals surface area (Å²) in [5, 5.41) is 14.5. The lowest BCUT2D eigenvalue weighted by Crippen LogP contribution is -2.37. The van der Waals surface area contributed by atoms with E-state index in [0.717, 1.165) is 35.5 Å². The number of hydrazone groups is 1. The Morgan fingerprint density at radius 1 is 1.36 bits per heavy atom. The largest absolute Gasteiger partial charge is 0.480 e. The van der Waals surface area contributed by atoms with Crippen LogP contribution in [0.15, 0.2) is 29.4 Å². The number of hydrogen-bond acceptors (Lipinski definition) is 4. The van der Waals surface area contributed by atoms with Gasteiger partial charge < -0.3 is 5.11 Å². The van der Waals surface area contributed by atoms with E-state index in [1.54, 1.807) is 6.92 Å². The fraction of sp³-hybridized carbons (Fsp3) is 0.438. The fourth-order valence-electron chi connectivity index (χ4n) is 2.47. The summed E-state index contributed by atoms with van der Waals surface area (Å²) in [5.74, 6) is -1.40. The molecule has 2 rings (SSSR count). The molecule has 0 saturated carbocycles. The molecule has 0 heterocycles. The molecule has 0 fully saturated rings. The Morgan fingerprint density at radius 2 is 2.09 bits per heavy atom. The van der Waals surface area contributed by atoms with E-state index in [9.17, 15) is 9.59 Å². The fourth-order valence-corrected chi connectivity index (χ4v) is 2.63. The van der Waals surface area contributed by atoms with Crippen LogP contribution in [0.4, 0.5) is 0 Å². The highest BCUT2D eigenvalue weighted by Gasteiger charge is 2.23. The lowest BCUT2D eigenvalue weighted by molar-refractivity contribution is -0.145. The van der Waals surface area contributed by atoms with Gasteiger partial charge in [-0.15, -0.1) is 0 Å². The number of rotatable bonds is 5. The number of carbonyl (C=O) groups excluding carboxylic acids is 1. The van der Waals surface area contributed by atoms with Crippen LogP contribution in [-0.4, -0.2) is 40.0 Å². The first-order valence-corrected chi connectivity index (χ1v) is 7.96. The molecule has 22 heavy (non-hydrogen) atoms. The number of carboxylic acid groups (broad SMARTS) is 1. The molecule has 1 aliphatic rings. The van der Waals surface area contributed by atoms with Crippen LogP contribution >= 0.6 is 12.6 Å². The summed E-state index contributed by atoms with van der Waals surface area (Å²) in [6.45, 7) is 1.29. The van der Waals surface area contributed by atoms with Crippen molar-refractivity contribution in [3.05, 3.63) is 35.4 Å². The average molecular weight is 320 g/mol. The summed E-state index contributed by atoms with van der Waals surface area (Å²) < 4.78 is 0. The van der Waals surface area contributed by atoms with E-state index in [2.05, 4.69) is 17.7 Å². The molecule has 0 aliphatic heterocycles. The third-order valence-corrected chi connectivity index (χ3v) is 4.21. The Labute approximate surface area is 135 Å². The Balaban J connectivity index is 2.33. The summed E-state index contributed by atoms with van der Waals surface area (Å²) in [7, 11) is 0. The topological polar surface area (TPSA) is 70.0 Å². The number of hydrogen-bond donors (Lipinski definition) is 2. The molecule has 0 saturated heterocycles. The number of carboxylic acids is 1. The van der Waals surface area contributed by atoms with Crippen molar-refractivity contribution >= 4 is 30.2 Å². The van der Waals surface area contributed by atoms with Gasteiger partial charge in [0, 0.05) is 17.2 Å². The number of nitrogens with zero attached hydrogens (tertiary/aromatic N) is 2. The number of fused-ring (bicyclic) bond motifs is 1. The molecule has 1 atom stereocenters. The van der Waals surface area contributed by atoms with Gasteiger partial charge in [-0.1, -0.05) is 31.2 Å². The number of aryl methyl sites for hydroxylation is 1. The molecule has 0 bridgehead atoms. The average Bonchev–Trinajstić information content (AvgIpc) is 2.52. The quantitative estimate of drug-likeness (QED) is 0.645. The lowest BCUT2D eigenvalue weighted by atomic mass is 9.90. The first kappa shape index (κ1) is 16.5. The third-order valence-electron chi connectivity index (χ3n) is 3.66. The van der Waals surface area contributed by atoms with E-state index in [4.69, 9.17) is 5.11 Å². The molecule has 1 N–H and O–H groups in total. The molecule has 1 aromatic carbocycles. The number of thiol groups is 1. The van der Waals surface area contributed by atoms with Gasteiger partial charge in [0.05, 0.1) is 5.71 Å². The maximum absolute atomic E-state index is 12.3. The van der Waals surface area contributed by atoms with Crippen LogP contribution in [0.3, 0.4) is 0 Å². The van der Waals surface area contributed by atoms with E-state index in [-0.39, 0.29) is 11.8 Å². The van der Waals surface area contributed by atoms with Gasteiger partial charge in [-0.2, -0.15) is 17.7 Å². The first-order valence-electron chi connectivity index (χ1n) is 7.32. The van der Waals surface area contributed by atoms with Crippen LogP contribution in [0.5, 0.6) is 0 Å². The van der Waals surface area contributed by atoms with E-state index in [0.29, 0.717) is 5.75 Å². The minimum absolute atomic E-state index is 0.312. The van der Waals surface area contributed by atoms with Crippen molar-refractivity contribution in [2.45, 2.75) is 26.2 Å². The summed E-state index contributed by atoms with van der Waals surface area (Å²) in [6.07, 6.45) is 2.68. The monoisotopic (exact) mass is 320 g/mol. The van der Waals surface area contributed by atoms with E-state index < -0.39 is 12.5 Å². The summed E-state index contributed by atoms with van der Waals surface area (Å²) >= 11 is 4.11. The number of aliphatic carboxylic acids is 1. The van der Waals surface area contributed by atoms with Crippen molar-refractivity contribution in [2.24, 2.45) is 11.0 Å². The van der Waals surface area contributed by atoms with Crippen LogP contribution in [0.25, 0.3) is 0 Å². The van der Waals surface area contributed by atoms with Crippen molar-refractivity contribution in [1.82, 2.24) is 5.01 Å². The van der Waals surface area contributed by atoms with Crippen LogP contribution < -0.4 is 0 Å². The van der Waals surface area contributed by atoms with Gasteiger partial charge in [0.2, 0.25) is 5.91 Å². The van der Waals surface area contributed by atoms with Gasteiger partial charge >= 0.3 is 5.97 Å². The van der Waals surface area contributed by atoms with Crippen LogP contribution in [0.2, 0.25) is 0 Å². The standard InChI is InChI=1S/C16H20N2O3S/c1-11(10-22)16(21)18(9-15(19)20)17-14-8-4-6-12-5-2-3-7-13(12)14/h2-3,5,7,11,22H,4,6,8-10H2,1H3,(H,19,20). The summed E-state index contributed by atoms with van der Waals surface area (Å²) in [4.78, 5) is 23.3. The molecule has 1 amide bonds. The lowest BCUT2D eigenvalue weighted by Gasteiger charge is -2.23. The Bertz CT molecular complexity index is 601. The third kappa shape index (κ3) is 3.88. The molecule has 1 aromatic rings. The van der Waals surface area contributed by atoms with Gasteiger partial charge in [0.25, 0.3) is 0 Å². The maximum atomic E-state index is 12.3. The van der Waals surface area contributed by atoms with Crippen LogP contribution in [0.1, 0.15) is 30.9 Å². The predicted molar refractivity (Wildman–Crippen MR) is 88.3 cm³/mol. The van der Waals surface area contributed by atoms with E-state index in [1.165, 1.54) is 5.56 Å².